The van der Waals surface area contributed by atoms with Crippen molar-refractivity contribution in [3.05, 3.63) is 35.4 Å². The highest BCUT2D eigenvalue weighted by Gasteiger charge is 2.29. The van der Waals surface area contributed by atoms with Gasteiger partial charge < -0.3 is 5.73 Å². The Hall–Kier alpha value is -0.470. The van der Waals surface area contributed by atoms with Gasteiger partial charge in [0.2, 0.25) is 0 Å². The van der Waals surface area contributed by atoms with Crippen molar-refractivity contribution in [1.29, 1.82) is 0 Å². The Balaban J connectivity index is 1.96. The molecule has 2 heteroatoms. The first-order valence-electron chi connectivity index (χ1n) is 6.17. The Morgan fingerprint density at radius 3 is 2.88 bits per heavy atom. The summed E-state index contributed by atoms with van der Waals surface area (Å²) < 4.78 is 0. The summed E-state index contributed by atoms with van der Waals surface area (Å²) in [6, 6.07) is 8.86. The third-order valence-electron chi connectivity index (χ3n) is 3.53. The third kappa shape index (κ3) is 2.44. The molecule has 1 aliphatic carbocycles. The van der Waals surface area contributed by atoms with E-state index in [0.29, 0.717) is 5.25 Å². The lowest BCUT2D eigenvalue weighted by molar-refractivity contribution is 0.632. The fourth-order valence-corrected chi connectivity index (χ4v) is 3.62. The summed E-state index contributed by atoms with van der Waals surface area (Å²) in [5.74, 6) is 2.05. The van der Waals surface area contributed by atoms with Gasteiger partial charge in [0.1, 0.15) is 0 Å². The van der Waals surface area contributed by atoms with Gasteiger partial charge in [-0.2, -0.15) is 11.8 Å². The highest BCUT2D eigenvalue weighted by Crippen LogP contribution is 2.37. The van der Waals surface area contributed by atoms with Crippen molar-refractivity contribution in [1.82, 2.24) is 0 Å². The molecule has 0 fully saturated rings. The summed E-state index contributed by atoms with van der Waals surface area (Å²) >= 11 is 2.06. The predicted octanol–water partition coefficient (Wildman–Crippen LogP) is 3.39. The number of benzene rings is 1. The van der Waals surface area contributed by atoms with E-state index in [1.807, 2.05) is 0 Å². The summed E-state index contributed by atoms with van der Waals surface area (Å²) in [6.07, 6.45) is 2.42. The van der Waals surface area contributed by atoms with Gasteiger partial charge in [-0.25, -0.2) is 0 Å². The maximum atomic E-state index is 6.30. The van der Waals surface area contributed by atoms with E-state index in [0.717, 1.165) is 12.3 Å². The van der Waals surface area contributed by atoms with E-state index in [4.69, 9.17) is 5.73 Å². The first kappa shape index (κ1) is 12.0. The number of fused-ring (bicyclic) bond motifs is 1. The normalized spacial score (nSPS) is 25.4. The van der Waals surface area contributed by atoms with Crippen LogP contribution in [0, 0.1) is 5.92 Å². The van der Waals surface area contributed by atoms with Gasteiger partial charge >= 0.3 is 0 Å². The molecule has 0 bridgehead atoms. The number of hydrogen-bond donors (Lipinski definition) is 1. The standard InChI is InChI=1S/C14H21NS/c1-3-10(2)9-16-13-8-11-6-4-5-7-12(11)14(13)15/h4-7,10,13-14H,3,8-9,15H2,1-2H3. The molecule has 3 atom stereocenters. The van der Waals surface area contributed by atoms with Gasteiger partial charge in [0, 0.05) is 11.3 Å². The molecular weight excluding hydrogens is 214 g/mol. The second-order valence-electron chi connectivity index (χ2n) is 4.81. The van der Waals surface area contributed by atoms with Crippen LogP contribution < -0.4 is 5.73 Å². The Labute approximate surface area is 103 Å². The van der Waals surface area contributed by atoms with Crippen molar-refractivity contribution in [2.45, 2.75) is 38.0 Å². The Morgan fingerprint density at radius 2 is 2.19 bits per heavy atom. The van der Waals surface area contributed by atoms with Gasteiger partial charge in [-0.05, 0) is 29.2 Å². The number of thioether (sulfide) groups is 1. The third-order valence-corrected chi connectivity index (χ3v) is 5.18. The minimum Gasteiger partial charge on any atom is -0.323 e. The van der Waals surface area contributed by atoms with E-state index in [9.17, 15) is 0 Å². The van der Waals surface area contributed by atoms with Crippen LogP contribution >= 0.6 is 11.8 Å². The summed E-state index contributed by atoms with van der Waals surface area (Å²) in [4.78, 5) is 0. The van der Waals surface area contributed by atoms with Crippen LogP contribution in [0.25, 0.3) is 0 Å². The second kappa shape index (κ2) is 5.24. The molecule has 88 valence electrons. The van der Waals surface area contributed by atoms with Gasteiger partial charge in [0.25, 0.3) is 0 Å². The molecule has 3 unspecified atom stereocenters. The zero-order chi connectivity index (χ0) is 11.5. The smallest absolute Gasteiger partial charge is 0.0421 e. The molecule has 0 saturated heterocycles. The SMILES string of the molecule is CCC(C)CSC1Cc2ccccc2C1N. The van der Waals surface area contributed by atoms with Crippen molar-refractivity contribution in [2.24, 2.45) is 11.7 Å². The predicted molar refractivity (Wildman–Crippen MR) is 72.8 cm³/mol. The summed E-state index contributed by atoms with van der Waals surface area (Å²) in [5.41, 5.74) is 9.12. The van der Waals surface area contributed by atoms with Crippen molar-refractivity contribution in [2.75, 3.05) is 5.75 Å². The van der Waals surface area contributed by atoms with Crippen LogP contribution in [0.4, 0.5) is 0 Å². The molecule has 1 aromatic rings. The van der Waals surface area contributed by atoms with Crippen molar-refractivity contribution in [3.8, 4) is 0 Å². The maximum Gasteiger partial charge on any atom is 0.0421 e. The average molecular weight is 235 g/mol. The van der Waals surface area contributed by atoms with Gasteiger partial charge in [-0.15, -0.1) is 0 Å². The first-order chi connectivity index (χ1) is 7.72. The van der Waals surface area contributed by atoms with Crippen LogP contribution in [0.2, 0.25) is 0 Å². The molecule has 2 rings (SSSR count). The topological polar surface area (TPSA) is 26.0 Å². The Bertz CT molecular complexity index is 350. The summed E-state index contributed by atoms with van der Waals surface area (Å²) in [5, 5.41) is 0.589. The van der Waals surface area contributed by atoms with Gasteiger partial charge in [0.15, 0.2) is 0 Å². The van der Waals surface area contributed by atoms with E-state index in [1.54, 1.807) is 0 Å². The second-order valence-corrected chi connectivity index (χ2v) is 6.09. The largest absolute Gasteiger partial charge is 0.323 e. The quantitative estimate of drug-likeness (QED) is 0.865. The highest BCUT2D eigenvalue weighted by atomic mass is 32.2. The van der Waals surface area contributed by atoms with Crippen molar-refractivity contribution in [3.63, 3.8) is 0 Å². The Morgan fingerprint density at radius 1 is 1.44 bits per heavy atom. The van der Waals surface area contributed by atoms with Crippen LogP contribution in [0.3, 0.4) is 0 Å². The zero-order valence-electron chi connectivity index (χ0n) is 10.1. The molecule has 0 heterocycles. The molecule has 1 aromatic carbocycles. The van der Waals surface area contributed by atoms with E-state index in [1.165, 1.54) is 23.3 Å². The van der Waals surface area contributed by atoms with Gasteiger partial charge in [-0.1, -0.05) is 44.5 Å². The molecule has 16 heavy (non-hydrogen) atoms. The number of hydrogen-bond acceptors (Lipinski definition) is 2. The van der Waals surface area contributed by atoms with Crippen LogP contribution in [-0.2, 0) is 6.42 Å². The number of nitrogens with two attached hydrogens (primary N) is 1. The van der Waals surface area contributed by atoms with Crippen molar-refractivity contribution >= 4 is 11.8 Å². The zero-order valence-corrected chi connectivity index (χ0v) is 11.0. The minimum absolute atomic E-state index is 0.241. The molecule has 1 nitrogen and oxygen atoms in total. The summed E-state index contributed by atoms with van der Waals surface area (Å²) in [7, 11) is 0. The van der Waals surface area contributed by atoms with Crippen LogP contribution in [0.15, 0.2) is 24.3 Å². The number of rotatable bonds is 4. The van der Waals surface area contributed by atoms with E-state index >= 15 is 0 Å². The Kier molecular flexibility index (Phi) is 3.93. The monoisotopic (exact) mass is 235 g/mol. The molecule has 0 radical (unpaired) electrons. The van der Waals surface area contributed by atoms with E-state index in [2.05, 4.69) is 49.9 Å². The molecule has 0 aromatic heterocycles. The lowest BCUT2D eigenvalue weighted by Crippen LogP contribution is -2.20. The fraction of sp³-hybridized carbons (Fsp3) is 0.571. The van der Waals surface area contributed by atoms with E-state index in [-0.39, 0.29) is 6.04 Å². The minimum atomic E-state index is 0.241. The molecule has 0 aliphatic heterocycles. The first-order valence-corrected chi connectivity index (χ1v) is 7.22. The lowest BCUT2D eigenvalue weighted by atomic mass is 10.1. The molecule has 0 spiro atoms. The van der Waals surface area contributed by atoms with Gasteiger partial charge in [-0.3, -0.25) is 0 Å². The molecule has 0 saturated carbocycles. The van der Waals surface area contributed by atoms with Crippen molar-refractivity contribution < 1.29 is 0 Å². The highest BCUT2D eigenvalue weighted by molar-refractivity contribution is 7.99. The lowest BCUT2D eigenvalue weighted by Gasteiger charge is -2.17. The van der Waals surface area contributed by atoms with Crippen LogP contribution in [-0.4, -0.2) is 11.0 Å². The molecular formula is C14H21NS. The molecule has 2 N–H and O–H groups in total. The van der Waals surface area contributed by atoms with Gasteiger partial charge in [0.05, 0.1) is 0 Å². The van der Waals surface area contributed by atoms with E-state index < -0.39 is 0 Å². The molecule has 0 amide bonds. The van der Waals surface area contributed by atoms with Crippen LogP contribution in [0.1, 0.15) is 37.4 Å². The molecule has 1 aliphatic rings. The van der Waals surface area contributed by atoms with Crippen LogP contribution in [0.5, 0.6) is 0 Å². The fourth-order valence-electron chi connectivity index (χ4n) is 2.16. The average Bonchev–Trinajstić information content (AvgIpc) is 2.64. The summed E-state index contributed by atoms with van der Waals surface area (Å²) in [6.45, 7) is 4.58. The maximum absolute atomic E-state index is 6.30.